The number of ether oxygens (including phenoxy) is 1. The Bertz CT molecular complexity index is 428. The molecule has 1 unspecified atom stereocenters. The van der Waals surface area contributed by atoms with Crippen LogP contribution < -0.4 is 5.32 Å². The Labute approximate surface area is 114 Å². The first-order chi connectivity index (χ1) is 8.73. The van der Waals surface area contributed by atoms with E-state index < -0.39 is 0 Å². The first-order valence-corrected chi connectivity index (χ1v) is 7.10. The van der Waals surface area contributed by atoms with E-state index in [9.17, 15) is 0 Å². The van der Waals surface area contributed by atoms with Gasteiger partial charge in [0.2, 0.25) is 0 Å². The molecule has 1 aliphatic carbocycles. The van der Waals surface area contributed by atoms with Gasteiger partial charge in [-0.05, 0) is 48.9 Å². The summed E-state index contributed by atoms with van der Waals surface area (Å²) in [6.45, 7) is 2.20. The van der Waals surface area contributed by atoms with E-state index >= 15 is 0 Å². The van der Waals surface area contributed by atoms with Crippen LogP contribution in [-0.4, -0.2) is 26.3 Å². The number of hydrogen-bond acceptors (Lipinski definition) is 2. The second-order valence-electron chi connectivity index (χ2n) is 5.69. The molecule has 1 heterocycles. The summed E-state index contributed by atoms with van der Waals surface area (Å²) in [5, 5.41) is 4.37. The number of nitrogens with one attached hydrogen (secondary N) is 1. The van der Waals surface area contributed by atoms with E-state index in [0.717, 1.165) is 18.1 Å². The van der Waals surface area contributed by atoms with Crippen molar-refractivity contribution in [2.45, 2.75) is 31.3 Å². The van der Waals surface area contributed by atoms with Crippen molar-refractivity contribution < 1.29 is 4.74 Å². The van der Waals surface area contributed by atoms with Crippen molar-refractivity contribution in [2.24, 2.45) is 5.41 Å². The van der Waals surface area contributed by atoms with E-state index in [1.807, 2.05) is 13.2 Å². The van der Waals surface area contributed by atoms with Gasteiger partial charge >= 0.3 is 0 Å². The molecule has 1 atom stereocenters. The van der Waals surface area contributed by atoms with Crippen molar-refractivity contribution in [3.63, 3.8) is 0 Å². The fraction of sp³-hybridized carbons (Fsp3) is 0.600. The van der Waals surface area contributed by atoms with Gasteiger partial charge in [-0.15, -0.1) is 0 Å². The highest BCUT2D eigenvalue weighted by Gasteiger charge is 2.51. The van der Waals surface area contributed by atoms with Crippen molar-refractivity contribution in [1.82, 2.24) is 5.32 Å². The second kappa shape index (κ2) is 4.84. The lowest BCUT2D eigenvalue weighted by molar-refractivity contribution is -0.0850. The molecule has 2 fully saturated rings. The summed E-state index contributed by atoms with van der Waals surface area (Å²) < 4.78 is 5.48. The molecule has 0 aromatic heterocycles. The van der Waals surface area contributed by atoms with Gasteiger partial charge in [0.15, 0.2) is 0 Å². The third-order valence-electron chi connectivity index (χ3n) is 4.74. The average molecular weight is 266 g/mol. The lowest BCUT2D eigenvalue weighted by Crippen LogP contribution is -2.53. The minimum Gasteiger partial charge on any atom is -0.381 e. The van der Waals surface area contributed by atoms with Crippen LogP contribution in [0, 0.1) is 5.41 Å². The van der Waals surface area contributed by atoms with Crippen LogP contribution in [0.5, 0.6) is 0 Å². The Morgan fingerprint density at radius 1 is 1.39 bits per heavy atom. The molecule has 1 N–H and O–H groups in total. The first-order valence-electron chi connectivity index (χ1n) is 6.72. The molecular weight excluding hydrogens is 246 g/mol. The van der Waals surface area contributed by atoms with Crippen molar-refractivity contribution in [3.8, 4) is 0 Å². The van der Waals surface area contributed by atoms with Gasteiger partial charge in [0.1, 0.15) is 0 Å². The van der Waals surface area contributed by atoms with E-state index in [4.69, 9.17) is 16.3 Å². The molecule has 98 valence electrons. The summed E-state index contributed by atoms with van der Waals surface area (Å²) in [6, 6.07) is 8.35. The Morgan fingerprint density at radius 3 is 2.94 bits per heavy atom. The summed E-state index contributed by atoms with van der Waals surface area (Å²) in [5.41, 5.74) is 1.82. The van der Waals surface area contributed by atoms with Gasteiger partial charge in [-0.3, -0.25) is 0 Å². The number of rotatable bonds is 2. The molecule has 1 saturated carbocycles. The van der Waals surface area contributed by atoms with Crippen LogP contribution in [0.4, 0.5) is 0 Å². The van der Waals surface area contributed by atoms with Gasteiger partial charge < -0.3 is 10.1 Å². The van der Waals surface area contributed by atoms with Crippen LogP contribution in [0.1, 0.15) is 30.7 Å². The maximum atomic E-state index is 6.13. The van der Waals surface area contributed by atoms with Gasteiger partial charge in [-0.25, -0.2) is 0 Å². The molecule has 1 aliphatic heterocycles. The molecule has 3 rings (SSSR count). The molecule has 2 nitrogen and oxygen atoms in total. The predicted octanol–water partition coefficient (Wildman–Crippen LogP) is 3.21. The van der Waals surface area contributed by atoms with Gasteiger partial charge in [0.25, 0.3) is 0 Å². The van der Waals surface area contributed by atoms with E-state index in [1.54, 1.807) is 0 Å². The maximum Gasteiger partial charge on any atom is 0.0582 e. The number of halogens is 1. The molecule has 1 saturated heterocycles. The summed E-state index contributed by atoms with van der Waals surface area (Å²) >= 11 is 6.13. The minimum absolute atomic E-state index is 0.441. The zero-order valence-electron chi connectivity index (χ0n) is 10.8. The van der Waals surface area contributed by atoms with Crippen LogP contribution in [0.2, 0.25) is 5.02 Å². The average Bonchev–Trinajstić information content (AvgIpc) is 2.35. The Hall–Kier alpha value is -0.570. The molecule has 1 spiro atoms. The molecule has 3 heteroatoms. The minimum atomic E-state index is 0.441. The van der Waals surface area contributed by atoms with Crippen molar-refractivity contribution in [1.29, 1.82) is 0 Å². The highest BCUT2D eigenvalue weighted by Crippen LogP contribution is 2.55. The molecule has 0 amide bonds. The topological polar surface area (TPSA) is 21.3 Å². The van der Waals surface area contributed by atoms with Crippen molar-refractivity contribution in [3.05, 3.63) is 34.9 Å². The van der Waals surface area contributed by atoms with Gasteiger partial charge in [-0.1, -0.05) is 23.7 Å². The highest BCUT2D eigenvalue weighted by atomic mass is 35.5. The molecule has 0 radical (unpaired) electrons. The summed E-state index contributed by atoms with van der Waals surface area (Å²) in [4.78, 5) is 0. The molecular formula is C15H20ClNO. The lowest BCUT2D eigenvalue weighted by atomic mass is 9.55. The third kappa shape index (κ3) is 2.07. The van der Waals surface area contributed by atoms with Gasteiger partial charge in [0.05, 0.1) is 6.10 Å². The Morgan fingerprint density at radius 2 is 2.22 bits per heavy atom. The number of methoxy groups -OCH3 is 1. The van der Waals surface area contributed by atoms with Crippen molar-refractivity contribution >= 4 is 11.6 Å². The standard InChI is InChI=1S/C15H20ClNO/c1-18-13-8-15(9-13)5-6-17-10-14(15)11-3-2-4-12(16)7-11/h2-4,7,13-14,17H,5-6,8-10H2,1H3. The number of hydrogen-bond donors (Lipinski definition) is 1. The number of piperidine rings is 1. The predicted molar refractivity (Wildman–Crippen MR) is 74.1 cm³/mol. The molecule has 18 heavy (non-hydrogen) atoms. The quantitative estimate of drug-likeness (QED) is 0.887. The molecule has 2 aliphatic rings. The zero-order valence-corrected chi connectivity index (χ0v) is 11.5. The summed E-state index contributed by atoms with van der Waals surface area (Å²) in [5.74, 6) is 0.580. The highest BCUT2D eigenvalue weighted by molar-refractivity contribution is 6.30. The normalized spacial score (nSPS) is 35.4. The molecule has 0 bridgehead atoms. The Balaban J connectivity index is 1.85. The number of benzene rings is 1. The van der Waals surface area contributed by atoms with Crippen LogP contribution in [0.3, 0.4) is 0 Å². The zero-order chi connectivity index (χ0) is 12.6. The van der Waals surface area contributed by atoms with Crippen LogP contribution in [0.25, 0.3) is 0 Å². The fourth-order valence-electron chi connectivity index (χ4n) is 3.67. The van der Waals surface area contributed by atoms with Crippen LogP contribution >= 0.6 is 11.6 Å². The summed E-state index contributed by atoms with van der Waals surface area (Å²) in [7, 11) is 1.83. The van der Waals surface area contributed by atoms with Crippen molar-refractivity contribution in [2.75, 3.05) is 20.2 Å². The van der Waals surface area contributed by atoms with E-state index in [2.05, 4.69) is 23.5 Å². The third-order valence-corrected chi connectivity index (χ3v) is 4.98. The van der Waals surface area contributed by atoms with Gasteiger partial charge in [0, 0.05) is 24.6 Å². The van der Waals surface area contributed by atoms with E-state index in [1.165, 1.54) is 24.8 Å². The first kappa shape index (κ1) is 12.5. The Kier molecular flexibility index (Phi) is 3.35. The van der Waals surface area contributed by atoms with Gasteiger partial charge in [-0.2, -0.15) is 0 Å². The van der Waals surface area contributed by atoms with E-state index in [0.29, 0.717) is 17.4 Å². The maximum absolute atomic E-state index is 6.13. The lowest BCUT2D eigenvalue weighted by Gasteiger charge is -2.54. The fourth-order valence-corrected chi connectivity index (χ4v) is 3.87. The molecule has 1 aromatic rings. The second-order valence-corrected chi connectivity index (χ2v) is 6.13. The SMILES string of the molecule is COC1CC2(CCNCC2c2cccc(Cl)c2)C1. The van der Waals surface area contributed by atoms with E-state index in [-0.39, 0.29) is 0 Å². The van der Waals surface area contributed by atoms with Crippen LogP contribution in [0.15, 0.2) is 24.3 Å². The smallest absolute Gasteiger partial charge is 0.0582 e. The summed E-state index contributed by atoms with van der Waals surface area (Å²) in [6.07, 6.45) is 4.11. The molecule has 1 aromatic carbocycles. The monoisotopic (exact) mass is 265 g/mol. The van der Waals surface area contributed by atoms with Crippen LogP contribution in [-0.2, 0) is 4.74 Å². The largest absolute Gasteiger partial charge is 0.381 e.